The van der Waals surface area contributed by atoms with Crippen molar-refractivity contribution in [3.05, 3.63) is 40.9 Å². The summed E-state index contributed by atoms with van der Waals surface area (Å²) in [5.41, 5.74) is 3.00. The van der Waals surface area contributed by atoms with Crippen LogP contribution < -0.4 is 20.1 Å². The highest BCUT2D eigenvalue weighted by atomic mass is 16.5. The summed E-state index contributed by atoms with van der Waals surface area (Å²) in [5.74, 6) is 0.603. The third-order valence-electron chi connectivity index (χ3n) is 5.28. The van der Waals surface area contributed by atoms with Crippen molar-refractivity contribution < 1.29 is 9.53 Å². The lowest BCUT2D eigenvalue weighted by Gasteiger charge is -2.29. The molecule has 3 aromatic rings. The Morgan fingerprint density at radius 3 is 2.50 bits per heavy atom. The summed E-state index contributed by atoms with van der Waals surface area (Å²) >= 11 is 0. The van der Waals surface area contributed by atoms with E-state index in [-0.39, 0.29) is 5.56 Å². The second-order valence-corrected chi connectivity index (χ2v) is 8.30. The number of nitrogens with one attached hydrogen (secondary N) is 1. The molecule has 7 heteroatoms. The molecular weight excluding hydrogens is 380 g/mol. The van der Waals surface area contributed by atoms with E-state index in [1.165, 1.54) is 0 Å². The molecule has 1 N–H and O–H groups in total. The maximum absolute atomic E-state index is 12.6. The van der Waals surface area contributed by atoms with Crippen LogP contribution in [-0.4, -0.2) is 49.1 Å². The van der Waals surface area contributed by atoms with Crippen molar-refractivity contribution in [3.63, 3.8) is 0 Å². The molecule has 30 heavy (non-hydrogen) atoms. The molecule has 0 unspecified atom stereocenters. The van der Waals surface area contributed by atoms with Crippen LogP contribution in [0.1, 0.15) is 20.8 Å². The zero-order chi connectivity index (χ0) is 22.2. The molecular formula is C23H30N4O3. The molecule has 0 amide bonds. The van der Waals surface area contributed by atoms with E-state index in [1.807, 2.05) is 38.3 Å². The average molecular weight is 411 g/mol. The molecule has 0 fully saturated rings. The first-order valence-corrected chi connectivity index (χ1v) is 9.98. The Hall–Kier alpha value is -3.22. The summed E-state index contributed by atoms with van der Waals surface area (Å²) in [7, 11) is 7.66. The Bertz CT molecular complexity index is 1140. The Morgan fingerprint density at radius 1 is 1.20 bits per heavy atom. The summed E-state index contributed by atoms with van der Waals surface area (Å²) in [6.45, 7) is 6.40. The van der Waals surface area contributed by atoms with Gasteiger partial charge in [-0.3, -0.25) is 9.59 Å². The molecule has 3 rings (SSSR count). The molecule has 0 bridgehead atoms. The molecule has 0 saturated carbocycles. The molecule has 0 saturated heterocycles. The number of ether oxygens (including phenoxy) is 1. The van der Waals surface area contributed by atoms with Crippen LogP contribution >= 0.6 is 0 Å². The second-order valence-electron chi connectivity index (χ2n) is 8.30. The van der Waals surface area contributed by atoms with E-state index < -0.39 is 5.60 Å². The number of aromatic amines is 1. The molecule has 0 aliphatic rings. The van der Waals surface area contributed by atoms with E-state index in [4.69, 9.17) is 4.74 Å². The second kappa shape index (κ2) is 7.89. The van der Waals surface area contributed by atoms with Crippen LogP contribution in [-0.2, 0) is 11.8 Å². The first-order valence-electron chi connectivity index (χ1n) is 9.98. The number of fused-ring (bicyclic) bond motifs is 1. The Balaban J connectivity index is 2.43. The minimum Gasteiger partial charge on any atom is -0.478 e. The summed E-state index contributed by atoms with van der Waals surface area (Å²) in [6.07, 6.45) is 4.39. The highest BCUT2D eigenvalue weighted by Gasteiger charge is 2.26. The summed E-state index contributed by atoms with van der Waals surface area (Å²) in [4.78, 5) is 31.4. The number of carbonyl (C=O) groups is 1. The van der Waals surface area contributed by atoms with Gasteiger partial charge in [0.25, 0.3) is 5.56 Å². The van der Waals surface area contributed by atoms with E-state index in [1.54, 1.807) is 31.7 Å². The molecule has 0 spiro atoms. The molecule has 2 heterocycles. The van der Waals surface area contributed by atoms with Crippen LogP contribution in [0.2, 0.25) is 0 Å². The van der Waals surface area contributed by atoms with Gasteiger partial charge in [-0.15, -0.1) is 0 Å². The monoisotopic (exact) mass is 410 g/mol. The number of hydrogen-bond donors (Lipinski definition) is 1. The molecule has 160 valence electrons. The van der Waals surface area contributed by atoms with Crippen LogP contribution in [0.25, 0.3) is 22.0 Å². The first kappa shape index (κ1) is 21.5. The summed E-state index contributed by atoms with van der Waals surface area (Å²) in [5, 5.41) is 0.813. The van der Waals surface area contributed by atoms with Crippen molar-refractivity contribution in [2.75, 3.05) is 37.5 Å². The van der Waals surface area contributed by atoms with Crippen molar-refractivity contribution in [3.8, 4) is 16.9 Å². The first-order chi connectivity index (χ1) is 14.1. The number of aryl methyl sites for hydroxylation is 1. The molecule has 0 aliphatic heterocycles. The maximum atomic E-state index is 12.6. The SMILES string of the molecule is CCN(C)c1cc(-c2cn(C)c(=O)c3[nH]ccc23)c(OC(C)(C)C=O)c(N(C)C)c1. The number of hydrogen-bond acceptors (Lipinski definition) is 5. The third kappa shape index (κ3) is 3.79. The molecule has 0 radical (unpaired) electrons. The Labute approximate surface area is 176 Å². The van der Waals surface area contributed by atoms with Crippen LogP contribution in [0.5, 0.6) is 5.75 Å². The molecule has 1 aromatic carbocycles. The minimum absolute atomic E-state index is 0.0934. The molecule has 0 atom stereocenters. The van der Waals surface area contributed by atoms with E-state index in [0.29, 0.717) is 11.3 Å². The average Bonchev–Trinajstić information content (AvgIpc) is 3.20. The predicted octanol–water partition coefficient (Wildman–Crippen LogP) is 3.41. The van der Waals surface area contributed by atoms with Crippen LogP contribution in [0.4, 0.5) is 11.4 Å². The molecule has 0 aliphatic carbocycles. The van der Waals surface area contributed by atoms with Gasteiger partial charge >= 0.3 is 0 Å². The Kier molecular flexibility index (Phi) is 5.65. The predicted molar refractivity (Wildman–Crippen MR) is 123 cm³/mol. The topological polar surface area (TPSA) is 70.6 Å². The van der Waals surface area contributed by atoms with Gasteiger partial charge < -0.3 is 24.1 Å². The van der Waals surface area contributed by atoms with Gasteiger partial charge in [0.05, 0.1) is 5.69 Å². The third-order valence-corrected chi connectivity index (χ3v) is 5.28. The van der Waals surface area contributed by atoms with Crippen molar-refractivity contribution >= 4 is 28.6 Å². The fourth-order valence-corrected chi connectivity index (χ4v) is 3.41. The largest absolute Gasteiger partial charge is 0.478 e. The van der Waals surface area contributed by atoms with E-state index in [9.17, 15) is 9.59 Å². The van der Waals surface area contributed by atoms with Crippen LogP contribution in [0.3, 0.4) is 0 Å². The van der Waals surface area contributed by atoms with Crippen molar-refractivity contribution in [1.29, 1.82) is 0 Å². The zero-order valence-corrected chi connectivity index (χ0v) is 18.7. The van der Waals surface area contributed by atoms with Gasteiger partial charge in [0.15, 0.2) is 17.6 Å². The van der Waals surface area contributed by atoms with Gasteiger partial charge in [-0.1, -0.05) is 0 Å². The number of anilines is 2. The number of H-pyrrole nitrogens is 1. The fourth-order valence-electron chi connectivity index (χ4n) is 3.41. The lowest BCUT2D eigenvalue weighted by molar-refractivity contribution is -0.118. The van der Waals surface area contributed by atoms with Crippen molar-refractivity contribution in [1.82, 2.24) is 9.55 Å². The lowest BCUT2D eigenvalue weighted by Crippen LogP contribution is -2.31. The van der Waals surface area contributed by atoms with Gasteiger partial charge in [-0.05, 0) is 39.0 Å². The smallest absolute Gasteiger partial charge is 0.274 e. The highest BCUT2D eigenvalue weighted by molar-refractivity contribution is 5.98. The fraction of sp³-hybridized carbons (Fsp3) is 0.391. The quantitative estimate of drug-likeness (QED) is 0.605. The normalized spacial score (nSPS) is 11.6. The van der Waals surface area contributed by atoms with Gasteiger partial charge in [0.1, 0.15) is 5.52 Å². The lowest BCUT2D eigenvalue weighted by atomic mass is 9.99. The van der Waals surface area contributed by atoms with Gasteiger partial charge in [-0.25, -0.2) is 0 Å². The number of aldehydes is 1. The van der Waals surface area contributed by atoms with Crippen LogP contribution in [0, 0.1) is 0 Å². The summed E-state index contributed by atoms with van der Waals surface area (Å²) < 4.78 is 7.83. The number of nitrogens with zero attached hydrogens (tertiary/aromatic N) is 3. The standard InChI is InChI=1S/C23H30N4O3/c1-8-26(6)15-11-17(18-13-27(7)22(29)20-16(18)9-10-24-20)21(19(12-15)25(4)5)30-23(2,3)14-28/h9-14,24H,8H2,1-7H3. The van der Waals surface area contributed by atoms with Crippen LogP contribution in [0.15, 0.2) is 35.4 Å². The number of carbonyl (C=O) groups excluding carboxylic acids is 1. The summed E-state index contributed by atoms with van der Waals surface area (Å²) in [6, 6.07) is 6.00. The van der Waals surface area contributed by atoms with Gasteiger partial charge in [-0.2, -0.15) is 0 Å². The van der Waals surface area contributed by atoms with Gasteiger partial charge in [0.2, 0.25) is 0 Å². The van der Waals surface area contributed by atoms with Crippen molar-refractivity contribution in [2.45, 2.75) is 26.4 Å². The number of aromatic nitrogens is 2. The minimum atomic E-state index is -1.00. The Morgan fingerprint density at radius 2 is 1.90 bits per heavy atom. The van der Waals surface area contributed by atoms with Gasteiger partial charge in [0, 0.05) is 69.3 Å². The number of pyridine rings is 1. The van der Waals surface area contributed by atoms with E-state index >= 15 is 0 Å². The highest BCUT2D eigenvalue weighted by Crippen LogP contribution is 2.44. The maximum Gasteiger partial charge on any atom is 0.274 e. The molecule has 7 nitrogen and oxygen atoms in total. The zero-order valence-electron chi connectivity index (χ0n) is 18.7. The number of rotatable bonds is 7. The number of benzene rings is 1. The van der Waals surface area contributed by atoms with E-state index in [0.717, 1.165) is 40.7 Å². The molecule has 2 aromatic heterocycles. The van der Waals surface area contributed by atoms with Crippen molar-refractivity contribution in [2.24, 2.45) is 7.05 Å². The van der Waals surface area contributed by atoms with E-state index in [2.05, 4.69) is 28.9 Å².